The number of hydrogen-bond acceptors (Lipinski definition) is 3. The van der Waals surface area contributed by atoms with Gasteiger partial charge in [-0.05, 0) is 49.7 Å². The Labute approximate surface area is 134 Å². The molecule has 0 fully saturated rings. The molecule has 1 heterocycles. The highest BCUT2D eigenvalue weighted by atomic mass is 35.5. The zero-order valence-corrected chi connectivity index (χ0v) is 13.2. The fourth-order valence-electron chi connectivity index (χ4n) is 2.56. The number of nitrogen functional groups attached to an aromatic ring is 1. The lowest BCUT2D eigenvalue weighted by molar-refractivity contribution is -0.132. The second-order valence-electron chi connectivity index (χ2n) is 5.86. The number of carbonyl (C=O) groups is 1. The minimum Gasteiger partial charge on any atom is -0.476 e. The lowest BCUT2D eigenvalue weighted by Crippen LogP contribution is -2.52. The maximum Gasteiger partial charge on any atom is 0.271 e. The minimum atomic E-state index is -0.915. The van der Waals surface area contributed by atoms with Crippen molar-refractivity contribution in [1.82, 2.24) is 0 Å². The van der Waals surface area contributed by atoms with Crippen molar-refractivity contribution in [2.24, 2.45) is 0 Å². The number of amides is 1. The van der Waals surface area contributed by atoms with E-state index in [1.807, 2.05) is 24.3 Å². The third-order valence-electron chi connectivity index (χ3n) is 3.63. The quantitative estimate of drug-likeness (QED) is 0.861. The molecule has 3 rings (SSSR count). The van der Waals surface area contributed by atoms with E-state index in [0.29, 0.717) is 28.7 Å². The van der Waals surface area contributed by atoms with Crippen molar-refractivity contribution in [3.63, 3.8) is 0 Å². The van der Waals surface area contributed by atoms with E-state index in [1.165, 1.54) is 0 Å². The molecule has 1 amide bonds. The summed E-state index contributed by atoms with van der Waals surface area (Å²) in [4.78, 5) is 14.4. The van der Waals surface area contributed by atoms with E-state index in [-0.39, 0.29) is 5.91 Å². The maximum atomic E-state index is 12.7. The molecule has 0 atom stereocenters. The first-order valence-corrected chi connectivity index (χ1v) is 7.39. The zero-order chi connectivity index (χ0) is 15.9. The molecule has 0 saturated heterocycles. The van der Waals surface area contributed by atoms with Crippen LogP contribution in [0.3, 0.4) is 0 Å². The van der Waals surface area contributed by atoms with Gasteiger partial charge in [0.05, 0.1) is 12.2 Å². The Morgan fingerprint density at radius 3 is 2.73 bits per heavy atom. The van der Waals surface area contributed by atoms with Gasteiger partial charge in [0.2, 0.25) is 0 Å². The summed E-state index contributed by atoms with van der Waals surface area (Å²) in [5.74, 6) is 0.548. The summed E-state index contributed by atoms with van der Waals surface area (Å²) < 4.78 is 5.81. The van der Waals surface area contributed by atoms with Gasteiger partial charge in [-0.25, -0.2) is 0 Å². The first-order valence-electron chi connectivity index (χ1n) is 7.02. The number of hydrogen-bond donors (Lipinski definition) is 1. The van der Waals surface area contributed by atoms with Gasteiger partial charge in [-0.3, -0.25) is 4.79 Å². The maximum absolute atomic E-state index is 12.7. The summed E-state index contributed by atoms with van der Waals surface area (Å²) in [6.45, 7) is 3.95. The van der Waals surface area contributed by atoms with E-state index in [4.69, 9.17) is 22.1 Å². The fraction of sp³-hybridized carbons (Fsp3) is 0.235. The smallest absolute Gasteiger partial charge is 0.271 e. The van der Waals surface area contributed by atoms with E-state index in [2.05, 4.69) is 0 Å². The SMILES string of the molecule is CC1(C)Oc2ccc(N)cc2N(Cc2cccc(Cl)c2)C1=O. The molecule has 0 aromatic heterocycles. The van der Waals surface area contributed by atoms with Crippen LogP contribution in [0.25, 0.3) is 0 Å². The minimum absolute atomic E-state index is 0.106. The number of nitrogens with zero attached hydrogens (tertiary/aromatic N) is 1. The van der Waals surface area contributed by atoms with Gasteiger partial charge in [-0.2, -0.15) is 0 Å². The number of nitrogens with two attached hydrogens (primary N) is 1. The van der Waals surface area contributed by atoms with Gasteiger partial charge in [0.25, 0.3) is 5.91 Å². The molecule has 1 aliphatic rings. The highest BCUT2D eigenvalue weighted by Crippen LogP contribution is 2.39. The molecule has 5 heteroatoms. The van der Waals surface area contributed by atoms with Gasteiger partial charge in [0.1, 0.15) is 5.75 Å². The van der Waals surface area contributed by atoms with Gasteiger partial charge in [-0.1, -0.05) is 23.7 Å². The van der Waals surface area contributed by atoms with Crippen LogP contribution in [0.5, 0.6) is 5.75 Å². The van der Waals surface area contributed by atoms with Crippen LogP contribution in [-0.2, 0) is 11.3 Å². The third-order valence-corrected chi connectivity index (χ3v) is 3.86. The summed E-state index contributed by atoms with van der Waals surface area (Å²) in [5, 5.41) is 0.644. The molecule has 0 radical (unpaired) electrons. The number of carbonyl (C=O) groups excluding carboxylic acids is 1. The molecule has 2 N–H and O–H groups in total. The molecule has 0 spiro atoms. The second-order valence-corrected chi connectivity index (χ2v) is 6.30. The van der Waals surface area contributed by atoms with Crippen LogP contribution in [0.1, 0.15) is 19.4 Å². The Bertz CT molecular complexity index is 743. The molecular weight excluding hydrogens is 300 g/mol. The Balaban J connectivity index is 2.04. The van der Waals surface area contributed by atoms with Crippen molar-refractivity contribution in [3.05, 3.63) is 53.1 Å². The fourth-order valence-corrected chi connectivity index (χ4v) is 2.77. The summed E-state index contributed by atoms with van der Waals surface area (Å²) in [6, 6.07) is 12.8. The van der Waals surface area contributed by atoms with Gasteiger partial charge in [0.15, 0.2) is 5.60 Å². The molecule has 22 heavy (non-hydrogen) atoms. The standard InChI is InChI=1S/C17H17ClN2O2/c1-17(2)16(21)20(10-11-4-3-5-12(18)8-11)14-9-13(19)6-7-15(14)22-17/h3-9H,10,19H2,1-2H3. The van der Waals surface area contributed by atoms with E-state index in [1.54, 1.807) is 36.9 Å². The molecule has 4 nitrogen and oxygen atoms in total. The van der Waals surface area contributed by atoms with Crippen molar-refractivity contribution in [2.45, 2.75) is 26.0 Å². The topological polar surface area (TPSA) is 55.6 Å². The molecule has 2 aromatic rings. The monoisotopic (exact) mass is 316 g/mol. The highest BCUT2D eigenvalue weighted by Gasteiger charge is 2.40. The number of benzene rings is 2. The summed E-state index contributed by atoms with van der Waals surface area (Å²) >= 11 is 6.03. The Hall–Kier alpha value is -2.20. The number of rotatable bonds is 2. The van der Waals surface area contributed by atoms with Crippen molar-refractivity contribution in [3.8, 4) is 5.75 Å². The zero-order valence-electron chi connectivity index (χ0n) is 12.5. The van der Waals surface area contributed by atoms with Crippen molar-refractivity contribution < 1.29 is 9.53 Å². The van der Waals surface area contributed by atoms with E-state index in [0.717, 1.165) is 5.56 Å². The second kappa shape index (κ2) is 5.21. The molecule has 0 unspecified atom stereocenters. The van der Waals surface area contributed by atoms with Crippen LogP contribution in [-0.4, -0.2) is 11.5 Å². The molecule has 0 saturated carbocycles. The lowest BCUT2D eigenvalue weighted by Gasteiger charge is -2.39. The van der Waals surface area contributed by atoms with E-state index >= 15 is 0 Å². The van der Waals surface area contributed by atoms with Crippen LogP contribution in [0.15, 0.2) is 42.5 Å². The summed E-state index contributed by atoms with van der Waals surface area (Å²) in [7, 11) is 0. The number of halogens is 1. The number of anilines is 2. The van der Waals surface area contributed by atoms with Crippen molar-refractivity contribution in [2.75, 3.05) is 10.6 Å². The van der Waals surface area contributed by atoms with Crippen LogP contribution in [0, 0.1) is 0 Å². The molecule has 0 aliphatic carbocycles. The first-order chi connectivity index (χ1) is 10.4. The summed E-state index contributed by atoms with van der Waals surface area (Å²) in [5.41, 5.74) is 7.17. The average Bonchev–Trinajstić information content (AvgIpc) is 2.45. The van der Waals surface area contributed by atoms with E-state index in [9.17, 15) is 4.79 Å². The van der Waals surface area contributed by atoms with Crippen LogP contribution in [0.4, 0.5) is 11.4 Å². The Kier molecular flexibility index (Phi) is 3.49. The summed E-state index contributed by atoms with van der Waals surface area (Å²) in [6.07, 6.45) is 0. The van der Waals surface area contributed by atoms with Crippen molar-refractivity contribution in [1.29, 1.82) is 0 Å². The number of ether oxygens (including phenoxy) is 1. The normalized spacial score (nSPS) is 16.1. The van der Waals surface area contributed by atoms with Crippen molar-refractivity contribution >= 4 is 28.9 Å². The van der Waals surface area contributed by atoms with Crippen LogP contribution >= 0.6 is 11.6 Å². The van der Waals surface area contributed by atoms with Gasteiger partial charge in [-0.15, -0.1) is 0 Å². The molecule has 0 bridgehead atoms. The predicted octanol–water partition coefficient (Wildman–Crippen LogP) is 3.63. The van der Waals surface area contributed by atoms with Gasteiger partial charge < -0.3 is 15.4 Å². The molecule has 2 aromatic carbocycles. The van der Waals surface area contributed by atoms with Crippen LogP contribution < -0.4 is 15.4 Å². The molecule has 114 valence electrons. The number of fused-ring (bicyclic) bond motifs is 1. The first kappa shape index (κ1) is 14.7. The van der Waals surface area contributed by atoms with E-state index < -0.39 is 5.60 Å². The largest absolute Gasteiger partial charge is 0.476 e. The lowest BCUT2D eigenvalue weighted by atomic mass is 10.0. The van der Waals surface area contributed by atoms with Crippen LogP contribution in [0.2, 0.25) is 5.02 Å². The predicted molar refractivity (Wildman–Crippen MR) is 88.2 cm³/mol. The Morgan fingerprint density at radius 1 is 1.23 bits per heavy atom. The highest BCUT2D eigenvalue weighted by molar-refractivity contribution is 6.30. The molecule has 1 aliphatic heterocycles. The van der Waals surface area contributed by atoms with Gasteiger partial charge in [0, 0.05) is 10.7 Å². The third kappa shape index (κ3) is 2.62. The average molecular weight is 317 g/mol. The van der Waals surface area contributed by atoms with Gasteiger partial charge >= 0.3 is 0 Å². The molecular formula is C17H17ClN2O2. The Morgan fingerprint density at radius 2 is 2.00 bits per heavy atom.